The van der Waals surface area contributed by atoms with Gasteiger partial charge in [-0.15, -0.1) is 0 Å². The molecule has 20 heavy (non-hydrogen) atoms. The minimum atomic E-state index is -0.347. The quantitative estimate of drug-likeness (QED) is 0.781. The molecule has 7 heteroatoms. The monoisotopic (exact) mass is 337 g/mol. The predicted octanol–water partition coefficient (Wildman–Crippen LogP) is 2.61. The molecule has 0 atom stereocenters. The summed E-state index contributed by atoms with van der Waals surface area (Å²) in [5.74, 6) is 0.0143. The van der Waals surface area contributed by atoms with Crippen molar-refractivity contribution < 1.29 is 4.39 Å². The Hall–Kier alpha value is -1.89. The average Bonchev–Trinajstić information content (AvgIpc) is 2.86. The molecule has 104 valence electrons. The molecular formula is C13H13BrFN5. The summed E-state index contributed by atoms with van der Waals surface area (Å²) in [6, 6.07) is 3.07. The first-order valence-corrected chi connectivity index (χ1v) is 6.85. The van der Waals surface area contributed by atoms with Crippen molar-refractivity contribution in [2.45, 2.75) is 13.5 Å². The van der Waals surface area contributed by atoms with Crippen molar-refractivity contribution >= 4 is 32.9 Å². The summed E-state index contributed by atoms with van der Waals surface area (Å²) in [6.45, 7) is 2.55. The van der Waals surface area contributed by atoms with E-state index in [0.29, 0.717) is 22.5 Å². The molecule has 0 bridgehead atoms. The van der Waals surface area contributed by atoms with Gasteiger partial charge in [-0.05, 0) is 28.9 Å². The van der Waals surface area contributed by atoms with E-state index in [1.54, 1.807) is 16.9 Å². The molecule has 0 spiro atoms. The molecule has 2 aromatic heterocycles. The number of rotatable bonds is 2. The van der Waals surface area contributed by atoms with E-state index in [-0.39, 0.29) is 5.82 Å². The van der Waals surface area contributed by atoms with Crippen LogP contribution in [0.5, 0.6) is 0 Å². The molecule has 5 nitrogen and oxygen atoms in total. The zero-order valence-electron chi connectivity index (χ0n) is 11.1. The zero-order chi connectivity index (χ0) is 14.4. The Morgan fingerprint density at radius 3 is 2.80 bits per heavy atom. The maximum absolute atomic E-state index is 13.5. The fourth-order valence-electron chi connectivity index (χ4n) is 2.17. The van der Waals surface area contributed by atoms with E-state index in [2.05, 4.69) is 26.0 Å². The van der Waals surface area contributed by atoms with Gasteiger partial charge < -0.3 is 10.3 Å². The average molecular weight is 338 g/mol. The van der Waals surface area contributed by atoms with Gasteiger partial charge in [0.1, 0.15) is 5.82 Å². The van der Waals surface area contributed by atoms with Gasteiger partial charge in [0.05, 0.1) is 28.2 Å². The summed E-state index contributed by atoms with van der Waals surface area (Å²) in [5, 5.41) is 4.21. The van der Waals surface area contributed by atoms with Crippen molar-refractivity contribution in [2.75, 3.05) is 5.73 Å². The van der Waals surface area contributed by atoms with Crippen molar-refractivity contribution in [1.82, 2.24) is 19.3 Å². The van der Waals surface area contributed by atoms with E-state index in [1.165, 1.54) is 6.07 Å². The molecule has 0 saturated carbocycles. The Balaban J connectivity index is 2.13. The van der Waals surface area contributed by atoms with E-state index in [9.17, 15) is 4.39 Å². The van der Waals surface area contributed by atoms with E-state index in [0.717, 1.165) is 16.8 Å². The minimum absolute atomic E-state index is 0.347. The van der Waals surface area contributed by atoms with Crippen LogP contribution in [0, 0.1) is 12.7 Å². The van der Waals surface area contributed by atoms with Gasteiger partial charge in [0.25, 0.3) is 0 Å². The number of aryl methyl sites for hydroxylation is 1. The lowest BCUT2D eigenvalue weighted by atomic mass is 10.2. The van der Waals surface area contributed by atoms with E-state index < -0.39 is 0 Å². The Labute approximate surface area is 123 Å². The highest BCUT2D eigenvalue weighted by Crippen LogP contribution is 2.26. The van der Waals surface area contributed by atoms with Crippen LogP contribution < -0.4 is 5.73 Å². The van der Waals surface area contributed by atoms with Crippen molar-refractivity contribution in [3.8, 4) is 0 Å². The number of halogens is 2. The zero-order valence-corrected chi connectivity index (χ0v) is 12.6. The van der Waals surface area contributed by atoms with Gasteiger partial charge in [0.2, 0.25) is 5.95 Å². The summed E-state index contributed by atoms with van der Waals surface area (Å²) in [4.78, 5) is 4.20. The van der Waals surface area contributed by atoms with Crippen LogP contribution in [-0.2, 0) is 13.6 Å². The van der Waals surface area contributed by atoms with E-state index in [1.807, 2.05) is 18.5 Å². The van der Waals surface area contributed by atoms with Crippen LogP contribution in [0.2, 0.25) is 0 Å². The van der Waals surface area contributed by atoms with Gasteiger partial charge >= 0.3 is 0 Å². The van der Waals surface area contributed by atoms with Gasteiger partial charge in [-0.2, -0.15) is 5.10 Å². The number of nitrogens with zero attached hydrogens (tertiary/aromatic N) is 4. The first-order valence-electron chi connectivity index (χ1n) is 6.05. The summed E-state index contributed by atoms with van der Waals surface area (Å²) in [5.41, 5.74) is 9.40. The van der Waals surface area contributed by atoms with Gasteiger partial charge in [-0.1, -0.05) is 0 Å². The number of fused-ring (bicyclic) bond motifs is 1. The van der Waals surface area contributed by atoms with Crippen LogP contribution in [0.15, 0.2) is 22.8 Å². The van der Waals surface area contributed by atoms with Crippen LogP contribution in [-0.4, -0.2) is 19.3 Å². The number of benzene rings is 1. The SMILES string of the molecule is Cc1c(Cn2c(N)nc3cc(F)c(Br)cc32)cnn1C. The van der Waals surface area contributed by atoms with Gasteiger partial charge in [0, 0.05) is 24.4 Å². The topological polar surface area (TPSA) is 61.7 Å². The summed E-state index contributed by atoms with van der Waals surface area (Å²) < 4.78 is 17.6. The van der Waals surface area contributed by atoms with Crippen LogP contribution in [0.3, 0.4) is 0 Å². The third-order valence-electron chi connectivity index (χ3n) is 3.49. The second-order valence-corrected chi connectivity index (χ2v) is 5.54. The molecule has 0 saturated heterocycles. The number of aromatic nitrogens is 4. The summed E-state index contributed by atoms with van der Waals surface area (Å²) >= 11 is 3.19. The lowest BCUT2D eigenvalue weighted by Crippen LogP contribution is -2.05. The lowest BCUT2D eigenvalue weighted by molar-refractivity contribution is 0.622. The standard InChI is InChI=1S/C13H13BrFN5/c1-7-8(5-17-19(7)2)6-20-12-3-9(14)10(15)4-11(12)18-13(20)16/h3-5H,6H2,1-2H3,(H2,16,18). The molecular weight excluding hydrogens is 325 g/mol. The molecule has 0 aliphatic carbocycles. The van der Waals surface area contributed by atoms with Gasteiger partial charge in [-0.25, -0.2) is 9.37 Å². The Bertz CT molecular complexity index is 805. The molecule has 0 aliphatic rings. The fourth-order valence-corrected chi connectivity index (χ4v) is 2.51. The number of hydrogen-bond acceptors (Lipinski definition) is 3. The van der Waals surface area contributed by atoms with Gasteiger partial charge in [0.15, 0.2) is 0 Å². The predicted molar refractivity (Wildman–Crippen MR) is 78.9 cm³/mol. The van der Waals surface area contributed by atoms with E-state index in [4.69, 9.17) is 5.73 Å². The van der Waals surface area contributed by atoms with Crippen LogP contribution in [0.1, 0.15) is 11.3 Å². The van der Waals surface area contributed by atoms with Gasteiger partial charge in [-0.3, -0.25) is 4.68 Å². The highest BCUT2D eigenvalue weighted by molar-refractivity contribution is 9.10. The van der Waals surface area contributed by atoms with Crippen LogP contribution in [0.4, 0.5) is 10.3 Å². The molecule has 2 N–H and O–H groups in total. The molecule has 1 aromatic carbocycles. The number of imidazole rings is 1. The smallest absolute Gasteiger partial charge is 0.201 e. The highest BCUT2D eigenvalue weighted by Gasteiger charge is 2.13. The van der Waals surface area contributed by atoms with Crippen LogP contribution >= 0.6 is 15.9 Å². The first-order chi connectivity index (χ1) is 9.47. The molecule has 0 fully saturated rings. The van der Waals surface area contributed by atoms with Crippen molar-refractivity contribution in [1.29, 1.82) is 0 Å². The summed E-state index contributed by atoms with van der Waals surface area (Å²) in [7, 11) is 1.89. The number of anilines is 1. The van der Waals surface area contributed by atoms with Crippen molar-refractivity contribution in [3.05, 3.63) is 39.9 Å². The maximum atomic E-state index is 13.5. The highest BCUT2D eigenvalue weighted by atomic mass is 79.9. The molecule has 0 unspecified atom stereocenters. The second-order valence-electron chi connectivity index (χ2n) is 4.69. The Kier molecular flexibility index (Phi) is 3.01. The summed E-state index contributed by atoms with van der Waals surface area (Å²) in [6.07, 6.45) is 1.80. The second kappa shape index (κ2) is 4.59. The Morgan fingerprint density at radius 1 is 1.40 bits per heavy atom. The lowest BCUT2D eigenvalue weighted by Gasteiger charge is -2.06. The molecule has 0 aliphatic heterocycles. The molecule has 2 heterocycles. The first kappa shape index (κ1) is 13.1. The van der Waals surface area contributed by atoms with Crippen molar-refractivity contribution in [3.63, 3.8) is 0 Å². The van der Waals surface area contributed by atoms with E-state index >= 15 is 0 Å². The Morgan fingerprint density at radius 2 is 2.15 bits per heavy atom. The molecule has 3 aromatic rings. The number of hydrogen-bond donors (Lipinski definition) is 1. The van der Waals surface area contributed by atoms with Crippen molar-refractivity contribution in [2.24, 2.45) is 7.05 Å². The largest absolute Gasteiger partial charge is 0.369 e. The molecule has 3 rings (SSSR count). The third-order valence-corrected chi connectivity index (χ3v) is 4.09. The normalized spacial score (nSPS) is 11.4. The van der Waals surface area contributed by atoms with Crippen LogP contribution in [0.25, 0.3) is 11.0 Å². The maximum Gasteiger partial charge on any atom is 0.201 e. The fraction of sp³-hybridized carbons (Fsp3) is 0.231. The molecule has 0 radical (unpaired) electrons. The minimum Gasteiger partial charge on any atom is -0.369 e. The third kappa shape index (κ3) is 1.98. The number of nitrogen functional groups attached to an aromatic ring is 1. The number of nitrogens with two attached hydrogens (primary N) is 1. The molecule has 0 amide bonds.